The van der Waals surface area contributed by atoms with Crippen LogP contribution in [-0.4, -0.2) is 11.2 Å². The molecule has 0 saturated heterocycles. The van der Waals surface area contributed by atoms with Crippen LogP contribution in [0.1, 0.15) is 65.2 Å². The van der Waals surface area contributed by atoms with Crippen LogP contribution in [0.25, 0.3) is 0 Å². The predicted octanol–water partition coefficient (Wildman–Crippen LogP) is 8.48. The lowest BCUT2D eigenvalue weighted by molar-refractivity contribution is 0.0910. The van der Waals surface area contributed by atoms with Crippen LogP contribution in [0, 0.1) is 11.6 Å². The van der Waals surface area contributed by atoms with Crippen LogP contribution in [0.2, 0.25) is 0 Å². The van der Waals surface area contributed by atoms with Gasteiger partial charge in [-0.2, -0.15) is 0 Å². The molecule has 3 aromatic rings. The Morgan fingerprint density at radius 2 is 1.03 bits per heavy atom. The van der Waals surface area contributed by atoms with Crippen LogP contribution in [0.4, 0.5) is 8.78 Å². The van der Waals surface area contributed by atoms with Crippen LogP contribution >= 0.6 is 0 Å². The van der Waals surface area contributed by atoms with Crippen molar-refractivity contribution < 1.29 is 18.3 Å². The molecule has 0 unspecified atom stereocenters. The van der Waals surface area contributed by atoms with E-state index >= 15 is 8.78 Å². The average Bonchev–Trinajstić information content (AvgIpc) is 3.47. The summed E-state index contributed by atoms with van der Waals surface area (Å²) in [6.45, 7) is 4.11. The molecule has 2 aliphatic carbocycles. The molecule has 2 aliphatic rings. The van der Waals surface area contributed by atoms with E-state index in [2.05, 4.69) is 13.8 Å². The van der Waals surface area contributed by atoms with Crippen molar-refractivity contribution in [1.82, 2.24) is 0 Å². The van der Waals surface area contributed by atoms with Crippen molar-refractivity contribution in [3.8, 4) is 11.5 Å². The Hall–Kier alpha value is -2.53. The lowest BCUT2D eigenvalue weighted by Gasteiger charge is -2.26. The molecule has 0 aliphatic heterocycles. The molecule has 184 valence electrons. The average molecular weight is 496 g/mol. The zero-order chi connectivity index (χ0) is 24.5. The molecule has 2 saturated carbocycles. The summed E-state index contributed by atoms with van der Waals surface area (Å²) in [7, 11) is -0.672. The molecule has 0 radical (unpaired) electrons. The highest BCUT2D eigenvalue weighted by Crippen LogP contribution is 2.39. The first-order valence-corrected chi connectivity index (χ1v) is 13.8. The molecule has 3 aromatic carbocycles. The number of rotatable bonds is 7. The second-order valence-electron chi connectivity index (χ2n) is 10.3. The highest BCUT2D eigenvalue weighted by molar-refractivity contribution is 7.97. The van der Waals surface area contributed by atoms with Gasteiger partial charge in [-0.25, -0.2) is 8.78 Å². The summed E-state index contributed by atoms with van der Waals surface area (Å²) in [6, 6.07) is 20.3. The van der Waals surface area contributed by atoms with Crippen molar-refractivity contribution in [2.75, 3.05) is 0 Å². The van der Waals surface area contributed by atoms with E-state index in [1.54, 1.807) is 24.3 Å². The Labute approximate surface area is 210 Å². The molecule has 35 heavy (non-hydrogen) atoms. The van der Waals surface area contributed by atoms with E-state index in [4.69, 9.17) is 9.47 Å². The SMILES string of the molecule is CC1(Oc2ccc([S+](c3ccccc3)c3ccc(OC4(C)CCCC4)c(F)c3)cc2F)CCCC1. The van der Waals surface area contributed by atoms with Gasteiger partial charge in [0.25, 0.3) is 0 Å². The van der Waals surface area contributed by atoms with Crippen molar-refractivity contribution in [1.29, 1.82) is 0 Å². The number of benzene rings is 3. The van der Waals surface area contributed by atoms with Crippen molar-refractivity contribution in [2.45, 2.75) is 91.1 Å². The molecule has 0 spiro atoms. The van der Waals surface area contributed by atoms with Gasteiger partial charge >= 0.3 is 0 Å². The minimum Gasteiger partial charge on any atom is -0.484 e. The summed E-state index contributed by atoms with van der Waals surface area (Å²) in [5, 5.41) is 0. The van der Waals surface area contributed by atoms with Gasteiger partial charge in [-0.1, -0.05) is 18.2 Å². The minimum atomic E-state index is -0.672. The molecule has 2 fully saturated rings. The highest BCUT2D eigenvalue weighted by Gasteiger charge is 2.35. The third-order valence-corrected chi connectivity index (χ3v) is 9.49. The number of ether oxygens (including phenoxy) is 2. The summed E-state index contributed by atoms with van der Waals surface area (Å²) in [5.41, 5.74) is -0.614. The van der Waals surface area contributed by atoms with Gasteiger partial charge in [-0.05, 0) is 102 Å². The van der Waals surface area contributed by atoms with Crippen molar-refractivity contribution in [2.24, 2.45) is 0 Å². The van der Waals surface area contributed by atoms with Crippen LogP contribution in [0.3, 0.4) is 0 Å². The third kappa shape index (κ3) is 5.35. The second-order valence-corrected chi connectivity index (χ2v) is 12.3. The summed E-state index contributed by atoms with van der Waals surface area (Å²) < 4.78 is 42.7. The molecule has 0 N–H and O–H groups in total. The summed E-state index contributed by atoms with van der Waals surface area (Å²) in [5.74, 6) is -0.179. The van der Waals surface area contributed by atoms with E-state index in [9.17, 15) is 0 Å². The van der Waals surface area contributed by atoms with Gasteiger partial charge in [0.15, 0.2) is 37.8 Å². The second kappa shape index (κ2) is 9.85. The predicted molar refractivity (Wildman–Crippen MR) is 136 cm³/mol. The molecule has 0 amide bonds. The smallest absolute Gasteiger partial charge is 0.170 e. The van der Waals surface area contributed by atoms with Crippen LogP contribution in [0.5, 0.6) is 11.5 Å². The van der Waals surface area contributed by atoms with E-state index in [-0.39, 0.29) is 34.3 Å². The fourth-order valence-corrected chi connectivity index (χ4v) is 7.42. The van der Waals surface area contributed by atoms with E-state index in [0.717, 1.165) is 66.1 Å². The molecule has 5 heteroatoms. The molecular formula is C30H33F2O2S+. The largest absolute Gasteiger partial charge is 0.484 e. The first kappa shape index (κ1) is 24.2. The van der Waals surface area contributed by atoms with Gasteiger partial charge in [0.2, 0.25) is 0 Å². The van der Waals surface area contributed by atoms with Gasteiger partial charge in [0, 0.05) is 12.1 Å². The Morgan fingerprint density at radius 1 is 0.600 bits per heavy atom. The van der Waals surface area contributed by atoms with Crippen molar-refractivity contribution >= 4 is 10.9 Å². The quantitative estimate of drug-likeness (QED) is 0.306. The zero-order valence-electron chi connectivity index (χ0n) is 20.5. The monoisotopic (exact) mass is 495 g/mol. The van der Waals surface area contributed by atoms with E-state index in [1.165, 1.54) is 0 Å². The Morgan fingerprint density at radius 3 is 1.43 bits per heavy atom. The lowest BCUT2D eigenvalue weighted by atomic mass is 10.1. The Kier molecular flexibility index (Phi) is 6.80. The van der Waals surface area contributed by atoms with Gasteiger partial charge in [0.1, 0.15) is 11.2 Å². The first-order valence-electron chi connectivity index (χ1n) is 12.6. The number of halogens is 2. The molecule has 5 rings (SSSR count). The fourth-order valence-electron chi connectivity index (χ4n) is 5.33. The molecular weight excluding hydrogens is 462 g/mol. The van der Waals surface area contributed by atoms with Gasteiger partial charge in [-0.15, -0.1) is 0 Å². The molecule has 0 heterocycles. The third-order valence-electron chi connectivity index (χ3n) is 7.29. The van der Waals surface area contributed by atoms with Crippen LogP contribution in [-0.2, 0) is 10.9 Å². The molecule has 0 aromatic heterocycles. The maximum absolute atomic E-state index is 15.3. The van der Waals surface area contributed by atoms with Crippen LogP contribution in [0.15, 0.2) is 81.4 Å². The lowest BCUT2D eigenvalue weighted by Crippen LogP contribution is -2.28. The topological polar surface area (TPSA) is 18.5 Å². The maximum Gasteiger partial charge on any atom is 0.170 e. The number of hydrogen-bond acceptors (Lipinski definition) is 2. The standard InChI is InChI=1S/C30H33F2O2S/c1-29(16-6-7-17-29)33-27-14-12-23(20-25(27)31)35(22-10-4-3-5-11-22)24-13-15-28(26(32)21-24)34-30(2)18-8-9-19-30/h3-5,10-15,20-21H,6-9,16-19H2,1-2H3/q+1. The zero-order valence-corrected chi connectivity index (χ0v) is 21.3. The van der Waals surface area contributed by atoms with E-state index in [1.807, 2.05) is 42.5 Å². The van der Waals surface area contributed by atoms with E-state index in [0.29, 0.717) is 0 Å². The normalized spacial score (nSPS) is 18.7. The van der Waals surface area contributed by atoms with Crippen molar-refractivity contribution in [3.05, 3.63) is 78.4 Å². The Balaban J connectivity index is 1.47. The first-order chi connectivity index (χ1) is 16.8. The maximum atomic E-state index is 15.3. The minimum absolute atomic E-state index is 0.287. The summed E-state index contributed by atoms with van der Waals surface area (Å²) >= 11 is 0. The van der Waals surface area contributed by atoms with Crippen LogP contribution < -0.4 is 9.47 Å². The van der Waals surface area contributed by atoms with Gasteiger partial charge < -0.3 is 9.47 Å². The van der Waals surface area contributed by atoms with Gasteiger partial charge in [-0.3, -0.25) is 0 Å². The summed E-state index contributed by atoms with van der Waals surface area (Å²) in [6.07, 6.45) is 8.20. The van der Waals surface area contributed by atoms with Crippen molar-refractivity contribution in [3.63, 3.8) is 0 Å². The highest BCUT2D eigenvalue weighted by atomic mass is 32.2. The number of hydrogen-bond donors (Lipinski definition) is 0. The molecule has 0 bridgehead atoms. The fraction of sp³-hybridized carbons (Fsp3) is 0.400. The summed E-state index contributed by atoms with van der Waals surface area (Å²) in [4.78, 5) is 2.57. The van der Waals surface area contributed by atoms with E-state index < -0.39 is 10.9 Å². The van der Waals surface area contributed by atoms with Gasteiger partial charge in [0.05, 0.1) is 10.9 Å². The Bertz CT molecular complexity index is 1090. The molecule has 0 atom stereocenters. The molecule has 2 nitrogen and oxygen atoms in total.